The molecule has 98 valence electrons. The van der Waals surface area contributed by atoms with Crippen molar-refractivity contribution in [2.24, 2.45) is 0 Å². The van der Waals surface area contributed by atoms with E-state index >= 15 is 0 Å². The fourth-order valence-corrected chi connectivity index (χ4v) is 2.17. The summed E-state index contributed by atoms with van der Waals surface area (Å²) in [5.41, 5.74) is 1.50. The Morgan fingerprint density at radius 3 is 2.58 bits per heavy atom. The van der Waals surface area contributed by atoms with E-state index in [0.717, 1.165) is 10.9 Å². The molecule has 0 atom stereocenters. The van der Waals surface area contributed by atoms with Crippen LogP contribution in [0.4, 0.5) is 0 Å². The minimum absolute atomic E-state index is 0.398. The Labute approximate surface area is 116 Å². The van der Waals surface area contributed by atoms with Gasteiger partial charge in [0.15, 0.2) is 0 Å². The normalized spacial score (nSPS) is 10.2. The van der Waals surface area contributed by atoms with Crippen LogP contribution in [0.2, 0.25) is 5.15 Å². The molecule has 0 aliphatic heterocycles. The fourth-order valence-electron chi connectivity index (χ4n) is 1.94. The molecule has 0 saturated heterocycles. The Hall–Kier alpha value is -1.99. The monoisotopic (exact) mass is 276 g/mol. The summed E-state index contributed by atoms with van der Waals surface area (Å²) in [6.07, 6.45) is 0.970. The fraction of sp³-hybridized carbons (Fsp3) is 0.286. The van der Waals surface area contributed by atoms with Crippen LogP contribution in [0.5, 0.6) is 11.5 Å². The SMILES string of the molecule is COc1ccc(OC)c2nc(Cl)c(CCC#N)cc12. The van der Waals surface area contributed by atoms with Crippen molar-refractivity contribution in [3.63, 3.8) is 0 Å². The van der Waals surface area contributed by atoms with Crippen LogP contribution < -0.4 is 9.47 Å². The maximum Gasteiger partial charge on any atom is 0.145 e. The second-order valence-corrected chi connectivity index (χ2v) is 4.32. The Bertz CT molecular complexity index is 650. The van der Waals surface area contributed by atoms with Gasteiger partial charge >= 0.3 is 0 Å². The summed E-state index contributed by atoms with van der Waals surface area (Å²) in [5.74, 6) is 1.35. The highest BCUT2D eigenvalue weighted by molar-refractivity contribution is 6.30. The average molecular weight is 277 g/mol. The number of halogens is 1. The Morgan fingerprint density at radius 2 is 1.95 bits per heavy atom. The third-order valence-corrected chi connectivity index (χ3v) is 3.21. The van der Waals surface area contributed by atoms with Gasteiger partial charge in [-0.2, -0.15) is 5.26 Å². The van der Waals surface area contributed by atoms with Gasteiger partial charge in [0.25, 0.3) is 0 Å². The molecule has 0 spiro atoms. The van der Waals surface area contributed by atoms with E-state index in [0.29, 0.717) is 35.0 Å². The lowest BCUT2D eigenvalue weighted by Crippen LogP contribution is -1.95. The summed E-state index contributed by atoms with van der Waals surface area (Å²) in [6, 6.07) is 7.62. The molecule has 0 radical (unpaired) electrons. The molecule has 0 unspecified atom stereocenters. The van der Waals surface area contributed by atoms with Gasteiger partial charge < -0.3 is 9.47 Å². The number of ether oxygens (including phenoxy) is 2. The molecule has 1 aromatic carbocycles. The predicted octanol–water partition coefficient (Wildman–Crippen LogP) is 3.36. The number of benzene rings is 1. The first-order chi connectivity index (χ1) is 9.21. The van der Waals surface area contributed by atoms with Crippen molar-refractivity contribution in [3.8, 4) is 17.6 Å². The van der Waals surface area contributed by atoms with Crippen molar-refractivity contribution in [1.29, 1.82) is 5.26 Å². The van der Waals surface area contributed by atoms with Crippen molar-refractivity contribution in [1.82, 2.24) is 4.98 Å². The van der Waals surface area contributed by atoms with E-state index in [2.05, 4.69) is 11.1 Å². The number of nitrogens with zero attached hydrogens (tertiary/aromatic N) is 2. The molecule has 1 heterocycles. The summed E-state index contributed by atoms with van der Waals surface area (Å²) >= 11 is 6.15. The van der Waals surface area contributed by atoms with E-state index in [1.165, 1.54) is 0 Å². The third-order valence-electron chi connectivity index (χ3n) is 2.88. The lowest BCUT2D eigenvalue weighted by atomic mass is 10.1. The summed E-state index contributed by atoms with van der Waals surface area (Å²) < 4.78 is 10.6. The van der Waals surface area contributed by atoms with Crippen LogP contribution in [0.25, 0.3) is 10.9 Å². The van der Waals surface area contributed by atoms with Gasteiger partial charge in [-0.15, -0.1) is 0 Å². The van der Waals surface area contributed by atoms with E-state index in [-0.39, 0.29) is 0 Å². The number of aromatic nitrogens is 1. The molecule has 5 heteroatoms. The molecule has 0 saturated carbocycles. The van der Waals surface area contributed by atoms with Crippen LogP contribution in [0, 0.1) is 11.3 Å². The second kappa shape index (κ2) is 5.77. The summed E-state index contributed by atoms with van der Waals surface area (Å²) in [4.78, 5) is 4.36. The van der Waals surface area contributed by atoms with Gasteiger partial charge in [0.1, 0.15) is 22.2 Å². The lowest BCUT2D eigenvalue weighted by Gasteiger charge is -2.11. The van der Waals surface area contributed by atoms with Gasteiger partial charge in [-0.1, -0.05) is 11.6 Å². The lowest BCUT2D eigenvalue weighted by molar-refractivity contribution is 0.409. The van der Waals surface area contributed by atoms with Crippen LogP contribution in [-0.4, -0.2) is 19.2 Å². The van der Waals surface area contributed by atoms with E-state index in [9.17, 15) is 0 Å². The van der Waals surface area contributed by atoms with Crippen LogP contribution >= 0.6 is 11.6 Å². The quantitative estimate of drug-likeness (QED) is 0.804. The Balaban J connectivity index is 2.66. The van der Waals surface area contributed by atoms with Crippen molar-refractivity contribution in [2.75, 3.05) is 14.2 Å². The first-order valence-electron chi connectivity index (χ1n) is 5.78. The third kappa shape index (κ3) is 2.56. The van der Waals surface area contributed by atoms with Crippen LogP contribution in [-0.2, 0) is 6.42 Å². The zero-order valence-corrected chi connectivity index (χ0v) is 11.5. The van der Waals surface area contributed by atoms with E-state index in [1.807, 2.05) is 12.1 Å². The first kappa shape index (κ1) is 13.4. The highest BCUT2D eigenvalue weighted by atomic mass is 35.5. The summed E-state index contributed by atoms with van der Waals surface area (Å²) in [7, 11) is 3.19. The minimum atomic E-state index is 0.398. The Morgan fingerprint density at radius 1 is 1.26 bits per heavy atom. The van der Waals surface area contributed by atoms with Gasteiger partial charge in [0.2, 0.25) is 0 Å². The summed E-state index contributed by atoms with van der Waals surface area (Å²) in [6.45, 7) is 0. The van der Waals surface area contributed by atoms with E-state index in [4.69, 9.17) is 26.3 Å². The summed E-state index contributed by atoms with van der Waals surface area (Å²) in [5, 5.41) is 9.89. The molecule has 4 nitrogen and oxygen atoms in total. The molecule has 0 aliphatic carbocycles. The molecule has 0 amide bonds. The van der Waals surface area contributed by atoms with Crippen LogP contribution in [0.3, 0.4) is 0 Å². The van der Waals surface area contributed by atoms with Crippen molar-refractivity contribution in [3.05, 3.63) is 28.9 Å². The van der Waals surface area contributed by atoms with Gasteiger partial charge in [-0.3, -0.25) is 0 Å². The molecule has 19 heavy (non-hydrogen) atoms. The molecule has 0 bridgehead atoms. The molecule has 2 aromatic rings. The molecular weight excluding hydrogens is 264 g/mol. The average Bonchev–Trinajstić information content (AvgIpc) is 2.44. The largest absolute Gasteiger partial charge is 0.496 e. The second-order valence-electron chi connectivity index (χ2n) is 3.96. The van der Waals surface area contributed by atoms with Gasteiger partial charge in [0.05, 0.1) is 20.3 Å². The number of pyridine rings is 1. The Kier molecular flexibility index (Phi) is 4.08. The highest BCUT2D eigenvalue weighted by Crippen LogP contribution is 2.34. The number of nitriles is 1. The molecule has 0 N–H and O–H groups in total. The van der Waals surface area contributed by atoms with Crippen molar-refractivity contribution < 1.29 is 9.47 Å². The van der Waals surface area contributed by atoms with Crippen molar-refractivity contribution in [2.45, 2.75) is 12.8 Å². The predicted molar refractivity (Wildman–Crippen MR) is 73.8 cm³/mol. The van der Waals surface area contributed by atoms with E-state index in [1.54, 1.807) is 20.3 Å². The zero-order chi connectivity index (χ0) is 13.8. The van der Waals surface area contributed by atoms with Gasteiger partial charge in [-0.25, -0.2) is 4.98 Å². The van der Waals surface area contributed by atoms with Gasteiger partial charge in [0, 0.05) is 11.8 Å². The number of rotatable bonds is 4. The first-order valence-corrected chi connectivity index (χ1v) is 6.16. The number of methoxy groups -OCH3 is 2. The maximum atomic E-state index is 8.66. The number of hydrogen-bond acceptors (Lipinski definition) is 4. The molecular formula is C14H13ClN2O2. The molecule has 1 aromatic heterocycles. The zero-order valence-electron chi connectivity index (χ0n) is 10.7. The number of aryl methyl sites for hydroxylation is 1. The molecule has 0 aliphatic rings. The maximum absolute atomic E-state index is 8.66. The van der Waals surface area contributed by atoms with Crippen LogP contribution in [0.15, 0.2) is 18.2 Å². The number of fused-ring (bicyclic) bond motifs is 1. The highest BCUT2D eigenvalue weighted by Gasteiger charge is 2.12. The topological polar surface area (TPSA) is 55.1 Å². The van der Waals surface area contributed by atoms with E-state index < -0.39 is 0 Å². The van der Waals surface area contributed by atoms with Gasteiger partial charge in [-0.05, 0) is 30.2 Å². The van der Waals surface area contributed by atoms with Crippen LogP contribution in [0.1, 0.15) is 12.0 Å². The minimum Gasteiger partial charge on any atom is -0.496 e. The van der Waals surface area contributed by atoms with Crippen molar-refractivity contribution >= 4 is 22.5 Å². The number of hydrogen-bond donors (Lipinski definition) is 0. The molecule has 0 fully saturated rings. The molecule has 2 rings (SSSR count). The smallest absolute Gasteiger partial charge is 0.145 e. The standard InChI is InChI=1S/C14H13ClN2O2/c1-18-11-5-6-12(19-2)13-10(11)8-9(4-3-7-16)14(15)17-13/h5-6,8H,3-4H2,1-2H3.